The molecule has 1 amide bonds. The van der Waals surface area contributed by atoms with Gasteiger partial charge in [0, 0.05) is 17.4 Å². The van der Waals surface area contributed by atoms with Crippen LogP contribution in [0.15, 0.2) is 54.6 Å². The summed E-state index contributed by atoms with van der Waals surface area (Å²) in [5, 5.41) is 15.0. The number of amides is 1. The minimum Gasteiger partial charge on any atom is -0.508 e. The summed E-state index contributed by atoms with van der Waals surface area (Å²) < 4.78 is 0. The Hall–Kier alpha value is -2.49. The first kappa shape index (κ1) is 12.0. The van der Waals surface area contributed by atoms with Crippen molar-refractivity contribution in [3.8, 4) is 5.75 Å². The zero-order valence-electron chi connectivity index (χ0n) is 9.76. The van der Waals surface area contributed by atoms with E-state index in [1.807, 2.05) is 30.3 Å². The fourth-order valence-electron chi connectivity index (χ4n) is 1.53. The Bertz CT molecular complexity index is 526. The number of nitrogens with one attached hydrogen (secondary N) is 2. The first-order chi connectivity index (χ1) is 8.74. The van der Waals surface area contributed by atoms with Gasteiger partial charge in [-0.15, -0.1) is 0 Å². The van der Waals surface area contributed by atoms with Crippen LogP contribution in [-0.2, 0) is 4.79 Å². The molecule has 0 saturated carbocycles. The molecule has 0 aromatic heterocycles. The molecule has 0 bridgehead atoms. The van der Waals surface area contributed by atoms with Crippen LogP contribution in [0.3, 0.4) is 0 Å². The Morgan fingerprint density at radius 1 is 1.00 bits per heavy atom. The summed E-state index contributed by atoms with van der Waals surface area (Å²) in [6, 6.07) is 15.9. The standard InChI is InChI=1S/C14H14N2O2/c17-13-8-4-7-12(9-13)16-14(18)10-15-11-5-2-1-3-6-11/h1-9,15,17H,10H2,(H,16,18). The van der Waals surface area contributed by atoms with Crippen molar-refractivity contribution >= 4 is 17.3 Å². The van der Waals surface area contributed by atoms with Crippen LogP contribution >= 0.6 is 0 Å². The van der Waals surface area contributed by atoms with Crippen LogP contribution in [0.4, 0.5) is 11.4 Å². The summed E-state index contributed by atoms with van der Waals surface area (Å²) in [5.74, 6) is -0.0340. The van der Waals surface area contributed by atoms with E-state index in [-0.39, 0.29) is 18.2 Å². The minimum atomic E-state index is -0.163. The molecule has 0 unspecified atom stereocenters. The molecule has 18 heavy (non-hydrogen) atoms. The van der Waals surface area contributed by atoms with E-state index in [1.165, 1.54) is 6.07 Å². The highest BCUT2D eigenvalue weighted by atomic mass is 16.3. The highest BCUT2D eigenvalue weighted by Gasteiger charge is 2.02. The molecule has 0 atom stereocenters. The van der Waals surface area contributed by atoms with Gasteiger partial charge < -0.3 is 15.7 Å². The van der Waals surface area contributed by atoms with Crippen molar-refractivity contribution in [3.05, 3.63) is 54.6 Å². The zero-order chi connectivity index (χ0) is 12.8. The lowest BCUT2D eigenvalue weighted by Crippen LogP contribution is -2.21. The Balaban J connectivity index is 1.86. The van der Waals surface area contributed by atoms with Gasteiger partial charge in [0.1, 0.15) is 5.75 Å². The fourth-order valence-corrected chi connectivity index (χ4v) is 1.53. The van der Waals surface area contributed by atoms with Crippen molar-refractivity contribution in [2.45, 2.75) is 0 Å². The topological polar surface area (TPSA) is 61.4 Å². The molecule has 4 heteroatoms. The quantitative estimate of drug-likeness (QED) is 0.771. The van der Waals surface area contributed by atoms with Crippen molar-refractivity contribution in [2.75, 3.05) is 17.2 Å². The van der Waals surface area contributed by atoms with Crippen LogP contribution in [-0.4, -0.2) is 17.6 Å². The van der Waals surface area contributed by atoms with Crippen molar-refractivity contribution in [1.29, 1.82) is 0 Å². The predicted molar refractivity (Wildman–Crippen MR) is 71.7 cm³/mol. The number of carbonyl (C=O) groups excluding carboxylic acids is 1. The maximum Gasteiger partial charge on any atom is 0.243 e. The molecule has 4 nitrogen and oxygen atoms in total. The molecule has 92 valence electrons. The lowest BCUT2D eigenvalue weighted by molar-refractivity contribution is -0.114. The molecule has 3 N–H and O–H groups in total. The summed E-state index contributed by atoms with van der Waals surface area (Å²) in [7, 11) is 0. The first-order valence-electron chi connectivity index (χ1n) is 5.62. The SMILES string of the molecule is O=C(CNc1ccccc1)Nc1cccc(O)c1. The first-order valence-corrected chi connectivity index (χ1v) is 5.62. The minimum absolute atomic E-state index is 0.129. The lowest BCUT2D eigenvalue weighted by Gasteiger charge is -2.07. The smallest absolute Gasteiger partial charge is 0.243 e. The average Bonchev–Trinajstić information content (AvgIpc) is 2.38. The van der Waals surface area contributed by atoms with Gasteiger partial charge in [0.05, 0.1) is 6.54 Å². The summed E-state index contributed by atoms with van der Waals surface area (Å²) in [4.78, 5) is 11.6. The number of aromatic hydroxyl groups is 1. The molecule has 0 heterocycles. The van der Waals surface area contributed by atoms with Crippen LogP contribution in [0.5, 0.6) is 5.75 Å². The number of phenolic OH excluding ortho intramolecular Hbond substituents is 1. The van der Waals surface area contributed by atoms with Crippen molar-refractivity contribution in [1.82, 2.24) is 0 Å². The third kappa shape index (κ3) is 3.52. The largest absolute Gasteiger partial charge is 0.508 e. The van der Waals surface area contributed by atoms with Gasteiger partial charge in [-0.25, -0.2) is 0 Å². The van der Waals surface area contributed by atoms with E-state index in [0.717, 1.165) is 5.69 Å². The summed E-state index contributed by atoms with van der Waals surface area (Å²) in [6.07, 6.45) is 0. The normalized spacial score (nSPS) is 9.78. The van der Waals surface area contributed by atoms with Crippen molar-refractivity contribution < 1.29 is 9.90 Å². The monoisotopic (exact) mass is 242 g/mol. The van der Waals surface area contributed by atoms with Crippen molar-refractivity contribution in [2.24, 2.45) is 0 Å². The van der Waals surface area contributed by atoms with Gasteiger partial charge >= 0.3 is 0 Å². The maximum atomic E-state index is 11.6. The highest BCUT2D eigenvalue weighted by molar-refractivity contribution is 5.93. The second-order valence-electron chi connectivity index (χ2n) is 3.82. The summed E-state index contributed by atoms with van der Waals surface area (Å²) >= 11 is 0. The molecule has 0 fully saturated rings. The fraction of sp³-hybridized carbons (Fsp3) is 0.0714. The van der Waals surface area contributed by atoms with Crippen LogP contribution in [0.2, 0.25) is 0 Å². The number of hydrogen-bond acceptors (Lipinski definition) is 3. The Morgan fingerprint density at radius 3 is 2.44 bits per heavy atom. The van der Waals surface area contributed by atoms with Crippen molar-refractivity contribution in [3.63, 3.8) is 0 Å². The number of rotatable bonds is 4. The summed E-state index contributed by atoms with van der Waals surface area (Å²) in [6.45, 7) is 0.180. The Morgan fingerprint density at radius 2 is 1.72 bits per heavy atom. The lowest BCUT2D eigenvalue weighted by atomic mass is 10.3. The number of phenols is 1. The van der Waals surface area contributed by atoms with Gasteiger partial charge in [-0.05, 0) is 24.3 Å². The average molecular weight is 242 g/mol. The van der Waals surface area contributed by atoms with Gasteiger partial charge in [0.25, 0.3) is 0 Å². The van der Waals surface area contributed by atoms with Gasteiger partial charge in [-0.2, -0.15) is 0 Å². The molecule has 2 aromatic carbocycles. The highest BCUT2D eigenvalue weighted by Crippen LogP contribution is 2.15. The number of anilines is 2. The molecule has 0 aliphatic carbocycles. The molecule has 0 radical (unpaired) electrons. The second-order valence-corrected chi connectivity index (χ2v) is 3.82. The molecule has 0 aliphatic rings. The molecule has 0 aliphatic heterocycles. The molecule has 0 saturated heterocycles. The molecular formula is C14H14N2O2. The molecule has 0 spiro atoms. The Labute approximate surface area is 105 Å². The van der Waals surface area contributed by atoms with Crippen LogP contribution in [0.25, 0.3) is 0 Å². The van der Waals surface area contributed by atoms with E-state index in [9.17, 15) is 9.90 Å². The van der Waals surface area contributed by atoms with Gasteiger partial charge in [0.15, 0.2) is 0 Å². The number of carbonyl (C=O) groups is 1. The third-order valence-corrected chi connectivity index (χ3v) is 2.36. The van der Waals surface area contributed by atoms with Gasteiger partial charge in [-0.1, -0.05) is 24.3 Å². The molecular weight excluding hydrogens is 228 g/mol. The zero-order valence-corrected chi connectivity index (χ0v) is 9.76. The van der Waals surface area contributed by atoms with E-state index >= 15 is 0 Å². The molecule has 2 rings (SSSR count). The van der Waals surface area contributed by atoms with E-state index in [1.54, 1.807) is 18.2 Å². The van der Waals surface area contributed by atoms with Crippen LogP contribution < -0.4 is 10.6 Å². The van der Waals surface area contributed by atoms with E-state index in [4.69, 9.17) is 0 Å². The molecule has 2 aromatic rings. The third-order valence-electron chi connectivity index (χ3n) is 2.36. The van der Waals surface area contributed by atoms with E-state index in [0.29, 0.717) is 5.69 Å². The van der Waals surface area contributed by atoms with E-state index < -0.39 is 0 Å². The number of para-hydroxylation sites is 1. The van der Waals surface area contributed by atoms with Crippen LogP contribution in [0.1, 0.15) is 0 Å². The van der Waals surface area contributed by atoms with Crippen LogP contribution in [0, 0.1) is 0 Å². The summed E-state index contributed by atoms with van der Waals surface area (Å²) in [5.41, 5.74) is 1.47. The second kappa shape index (κ2) is 5.72. The van der Waals surface area contributed by atoms with E-state index in [2.05, 4.69) is 10.6 Å². The van der Waals surface area contributed by atoms with Gasteiger partial charge in [0.2, 0.25) is 5.91 Å². The van der Waals surface area contributed by atoms with Gasteiger partial charge in [-0.3, -0.25) is 4.79 Å². The predicted octanol–water partition coefficient (Wildman–Crippen LogP) is 2.44. The Kier molecular flexibility index (Phi) is 3.81. The number of benzene rings is 2. The maximum absolute atomic E-state index is 11.6. The number of hydrogen-bond donors (Lipinski definition) is 3.